The molecule has 1 aliphatic rings. The number of carboxylic acids is 1. The Kier molecular flexibility index (Phi) is 36.4. The molecule has 350 valence electrons. The van der Waals surface area contributed by atoms with Crippen LogP contribution in [0.25, 0.3) is 0 Å². The lowest BCUT2D eigenvalue weighted by molar-refractivity contribution is -0.298. The maximum absolute atomic E-state index is 12.8. The van der Waals surface area contributed by atoms with Crippen LogP contribution in [0.15, 0.2) is 60.8 Å². The Hall–Kier alpha value is -3.09. The first-order valence-electron chi connectivity index (χ1n) is 23.8. The van der Waals surface area contributed by atoms with Crippen LogP contribution < -0.4 is 0 Å². The zero-order valence-electron chi connectivity index (χ0n) is 37.9. The lowest BCUT2D eigenvalue weighted by atomic mass is 9.99. The topological polar surface area (TPSA) is 169 Å². The van der Waals surface area contributed by atoms with E-state index in [-0.39, 0.29) is 19.4 Å². The fraction of sp³-hybridized carbons (Fsp3) is 0.740. The van der Waals surface area contributed by atoms with E-state index in [4.69, 9.17) is 18.9 Å². The zero-order chi connectivity index (χ0) is 44.6. The van der Waals surface area contributed by atoms with E-state index in [1.165, 1.54) is 44.9 Å². The summed E-state index contributed by atoms with van der Waals surface area (Å²) in [4.78, 5) is 36.9. The lowest BCUT2D eigenvalue weighted by Gasteiger charge is -2.38. The van der Waals surface area contributed by atoms with E-state index in [1.54, 1.807) is 0 Å². The number of aliphatic carboxylic acids is 1. The first kappa shape index (κ1) is 55.9. The van der Waals surface area contributed by atoms with E-state index in [2.05, 4.69) is 74.6 Å². The van der Waals surface area contributed by atoms with Crippen molar-refractivity contribution in [2.45, 2.75) is 224 Å². The smallest absolute Gasteiger partial charge is 0.335 e. The summed E-state index contributed by atoms with van der Waals surface area (Å²) < 4.78 is 21.8. The number of aliphatic hydroxyl groups is 3. The van der Waals surface area contributed by atoms with Gasteiger partial charge < -0.3 is 39.4 Å². The van der Waals surface area contributed by atoms with Crippen LogP contribution in [0.3, 0.4) is 0 Å². The summed E-state index contributed by atoms with van der Waals surface area (Å²) >= 11 is 0. The fourth-order valence-electron chi connectivity index (χ4n) is 6.86. The predicted octanol–water partition coefficient (Wildman–Crippen LogP) is 10.7. The molecule has 11 nitrogen and oxygen atoms in total. The molecule has 0 saturated carbocycles. The van der Waals surface area contributed by atoms with Crippen LogP contribution in [0.4, 0.5) is 0 Å². The van der Waals surface area contributed by atoms with E-state index in [1.807, 2.05) is 0 Å². The average molecular weight is 861 g/mol. The zero-order valence-corrected chi connectivity index (χ0v) is 37.9. The molecule has 0 aromatic heterocycles. The summed E-state index contributed by atoms with van der Waals surface area (Å²) in [7, 11) is 0. The van der Waals surface area contributed by atoms with Gasteiger partial charge >= 0.3 is 17.9 Å². The standard InChI is InChI=1S/C50H84O11/c1-3-5-7-9-11-13-15-17-19-21-22-23-25-26-28-30-32-34-36-38-43(51)58-40-42(41-59-50-47(55)45(53)46(54)48(61-50)49(56)57)60-44(52)39-37-35-33-31-29-27-24-20-18-16-14-12-10-8-6-4-2/h5,7,11,13,17,19-20,22-24,42,45-48,50,53-55H,3-4,6,8-10,12,14-16,18,21,25-41H2,1-2H3,(H,56,57)/b7-5-,13-11-,19-17-,23-22-,24-20-. The monoisotopic (exact) mass is 861 g/mol. The van der Waals surface area contributed by atoms with Gasteiger partial charge in [-0.3, -0.25) is 9.59 Å². The number of hydrogen-bond donors (Lipinski definition) is 4. The number of rotatable bonds is 39. The van der Waals surface area contributed by atoms with Crippen molar-refractivity contribution in [3.63, 3.8) is 0 Å². The molecule has 1 aliphatic heterocycles. The summed E-state index contributed by atoms with van der Waals surface area (Å²) in [6, 6.07) is 0. The Labute approximate surface area is 368 Å². The van der Waals surface area contributed by atoms with E-state index in [0.29, 0.717) is 12.8 Å². The maximum atomic E-state index is 12.8. The molecule has 4 N–H and O–H groups in total. The highest BCUT2D eigenvalue weighted by Gasteiger charge is 2.47. The molecule has 6 atom stereocenters. The molecule has 11 heteroatoms. The molecular weight excluding hydrogens is 777 g/mol. The third kappa shape index (κ3) is 31.4. The highest BCUT2D eigenvalue weighted by Crippen LogP contribution is 2.23. The number of carboxylic acid groups (broad SMARTS) is 1. The number of esters is 2. The fourth-order valence-corrected chi connectivity index (χ4v) is 6.86. The van der Waals surface area contributed by atoms with Crippen LogP contribution >= 0.6 is 0 Å². The minimum absolute atomic E-state index is 0.167. The molecule has 0 amide bonds. The average Bonchev–Trinajstić information content (AvgIpc) is 3.24. The number of ether oxygens (including phenoxy) is 4. The van der Waals surface area contributed by atoms with Crippen LogP contribution in [0, 0.1) is 0 Å². The Bertz CT molecular complexity index is 1240. The van der Waals surface area contributed by atoms with Crippen molar-refractivity contribution in [3.8, 4) is 0 Å². The van der Waals surface area contributed by atoms with Crippen molar-refractivity contribution in [2.24, 2.45) is 0 Å². The molecular formula is C50H84O11. The number of carbonyl (C=O) groups is 3. The molecule has 1 fully saturated rings. The Morgan fingerprint density at radius 1 is 0.525 bits per heavy atom. The van der Waals surface area contributed by atoms with E-state index < -0.39 is 61.3 Å². The first-order chi connectivity index (χ1) is 29.7. The largest absolute Gasteiger partial charge is 0.479 e. The van der Waals surface area contributed by atoms with Crippen molar-refractivity contribution >= 4 is 17.9 Å². The Morgan fingerprint density at radius 3 is 1.48 bits per heavy atom. The molecule has 0 spiro atoms. The van der Waals surface area contributed by atoms with Crippen molar-refractivity contribution < 1.29 is 53.8 Å². The van der Waals surface area contributed by atoms with Crippen LogP contribution in [0.5, 0.6) is 0 Å². The van der Waals surface area contributed by atoms with Crippen molar-refractivity contribution in [2.75, 3.05) is 13.2 Å². The second-order valence-corrected chi connectivity index (χ2v) is 16.2. The Morgan fingerprint density at radius 2 is 0.967 bits per heavy atom. The Balaban J connectivity index is 2.36. The highest BCUT2D eigenvalue weighted by molar-refractivity contribution is 5.73. The molecule has 0 aromatic rings. The van der Waals surface area contributed by atoms with E-state index in [9.17, 15) is 34.8 Å². The van der Waals surface area contributed by atoms with Gasteiger partial charge in [0.2, 0.25) is 0 Å². The van der Waals surface area contributed by atoms with Gasteiger partial charge in [0.25, 0.3) is 0 Å². The quantitative estimate of drug-likeness (QED) is 0.0264. The number of hydrogen-bond acceptors (Lipinski definition) is 10. The second-order valence-electron chi connectivity index (χ2n) is 16.2. The number of aliphatic hydroxyl groups excluding tert-OH is 3. The van der Waals surface area contributed by atoms with Gasteiger partial charge in [0.15, 0.2) is 18.5 Å². The summed E-state index contributed by atoms with van der Waals surface area (Å²) in [5.74, 6) is -2.48. The van der Waals surface area contributed by atoms with Gasteiger partial charge in [0, 0.05) is 12.8 Å². The summed E-state index contributed by atoms with van der Waals surface area (Å²) in [5.41, 5.74) is 0. The molecule has 0 radical (unpaired) electrons. The van der Waals surface area contributed by atoms with Crippen molar-refractivity contribution in [1.82, 2.24) is 0 Å². The highest BCUT2D eigenvalue weighted by atomic mass is 16.7. The van der Waals surface area contributed by atoms with Gasteiger partial charge in [0.05, 0.1) is 6.61 Å². The molecule has 0 bridgehead atoms. The molecule has 1 heterocycles. The number of allylic oxidation sites excluding steroid dienone is 10. The van der Waals surface area contributed by atoms with Gasteiger partial charge in [-0.15, -0.1) is 0 Å². The van der Waals surface area contributed by atoms with Crippen molar-refractivity contribution in [3.05, 3.63) is 60.8 Å². The minimum atomic E-state index is -1.87. The number of unbranched alkanes of at least 4 members (excludes halogenated alkanes) is 18. The summed E-state index contributed by atoms with van der Waals surface area (Å²) in [6.45, 7) is 3.68. The van der Waals surface area contributed by atoms with Gasteiger partial charge in [-0.2, -0.15) is 0 Å². The summed E-state index contributed by atoms with van der Waals surface area (Å²) in [5, 5.41) is 39.9. The molecule has 61 heavy (non-hydrogen) atoms. The normalized spacial score (nSPS) is 20.2. The van der Waals surface area contributed by atoms with Gasteiger partial charge in [-0.1, -0.05) is 158 Å². The molecule has 0 aromatic carbocycles. The van der Waals surface area contributed by atoms with E-state index >= 15 is 0 Å². The molecule has 0 aliphatic carbocycles. The third-order valence-corrected chi connectivity index (χ3v) is 10.6. The van der Waals surface area contributed by atoms with Crippen LogP contribution in [0.2, 0.25) is 0 Å². The maximum Gasteiger partial charge on any atom is 0.335 e. The first-order valence-corrected chi connectivity index (χ1v) is 23.8. The molecule has 6 unspecified atom stereocenters. The van der Waals surface area contributed by atoms with Gasteiger partial charge in [-0.05, 0) is 77.0 Å². The van der Waals surface area contributed by atoms with E-state index in [0.717, 1.165) is 103 Å². The molecule has 1 saturated heterocycles. The number of carbonyl (C=O) groups excluding carboxylic acids is 2. The lowest BCUT2D eigenvalue weighted by Crippen LogP contribution is -2.60. The van der Waals surface area contributed by atoms with Gasteiger partial charge in [0.1, 0.15) is 24.9 Å². The van der Waals surface area contributed by atoms with Crippen molar-refractivity contribution in [1.29, 1.82) is 0 Å². The van der Waals surface area contributed by atoms with Crippen LogP contribution in [-0.4, -0.2) is 88.4 Å². The molecule has 1 rings (SSSR count). The van der Waals surface area contributed by atoms with Gasteiger partial charge in [-0.25, -0.2) is 4.79 Å². The van der Waals surface area contributed by atoms with Crippen LogP contribution in [-0.2, 0) is 33.3 Å². The summed E-state index contributed by atoms with van der Waals surface area (Å²) in [6.07, 6.45) is 39.8. The minimum Gasteiger partial charge on any atom is -0.479 e. The third-order valence-electron chi connectivity index (χ3n) is 10.6. The van der Waals surface area contributed by atoms with Crippen LogP contribution in [0.1, 0.15) is 187 Å². The SMILES string of the molecule is CC/C=C\C/C=C\C/C=C\C/C=C\CCCCCCCCC(=O)OCC(COC1OC(C(=O)O)C(O)C(O)C1O)OC(=O)CCCCCCC/C=C\CCCCCCCCC. The second kappa shape index (κ2) is 39.7. The predicted molar refractivity (Wildman–Crippen MR) is 243 cm³/mol.